The van der Waals surface area contributed by atoms with Crippen molar-refractivity contribution in [2.75, 3.05) is 4.90 Å². The van der Waals surface area contributed by atoms with Crippen LogP contribution in [-0.4, -0.2) is 0 Å². The molecular weight excluding hydrogens is 631 g/mol. The van der Waals surface area contributed by atoms with Crippen LogP contribution in [-0.2, 0) is 0 Å². The molecule has 0 saturated heterocycles. The molecule has 0 saturated carbocycles. The Morgan fingerprint density at radius 3 is 1.73 bits per heavy atom. The van der Waals surface area contributed by atoms with Crippen molar-refractivity contribution >= 4 is 60.5 Å². The van der Waals surface area contributed by atoms with Gasteiger partial charge in [0.15, 0.2) is 0 Å². The molecule has 0 bridgehead atoms. The van der Waals surface area contributed by atoms with E-state index in [9.17, 15) is 0 Å². The molecule has 1 heterocycles. The van der Waals surface area contributed by atoms with E-state index in [1.807, 2.05) is 0 Å². The molecule has 0 spiro atoms. The molecule has 2 heteroatoms. The van der Waals surface area contributed by atoms with E-state index in [-0.39, 0.29) is 0 Å². The first kappa shape index (κ1) is 30.0. The summed E-state index contributed by atoms with van der Waals surface area (Å²) in [5.74, 6) is 0. The van der Waals surface area contributed by atoms with Crippen LogP contribution in [0.2, 0.25) is 0 Å². The average Bonchev–Trinajstić information content (AvgIpc) is 3.58. The summed E-state index contributed by atoms with van der Waals surface area (Å²) < 4.78 is 6.55. The first-order valence-corrected chi connectivity index (χ1v) is 17.8. The Bertz CT molecular complexity index is 2890. The van der Waals surface area contributed by atoms with Crippen LogP contribution in [0, 0.1) is 0 Å². The number of hydrogen-bond donors (Lipinski definition) is 0. The molecule has 9 aromatic carbocycles. The van der Waals surface area contributed by atoms with Gasteiger partial charge in [-0.05, 0) is 116 Å². The Balaban J connectivity index is 1.17. The van der Waals surface area contributed by atoms with E-state index < -0.39 is 0 Å². The molecule has 0 fully saturated rings. The van der Waals surface area contributed by atoms with Crippen molar-refractivity contribution in [2.45, 2.75) is 0 Å². The van der Waals surface area contributed by atoms with Gasteiger partial charge in [-0.3, -0.25) is 0 Å². The quantitative estimate of drug-likeness (QED) is 0.176. The van der Waals surface area contributed by atoms with E-state index in [1.54, 1.807) is 0 Å². The summed E-state index contributed by atoms with van der Waals surface area (Å²) in [5.41, 5.74) is 12.1. The lowest BCUT2D eigenvalue weighted by atomic mass is 9.93. The second kappa shape index (κ2) is 12.5. The zero-order chi connectivity index (χ0) is 34.4. The van der Waals surface area contributed by atoms with Crippen molar-refractivity contribution in [3.63, 3.8) is 0 Å². The van der Waals surface area contributed by atoms with Gasteiger partial charge < -0.3 is 9.32 Å². The van der Waals surface area contributed by atoms with E-state index in [0.29, 0.717) is 0 Å². The van der Waals surface area contributed by atoms with Gasteiger partial charge in [-0.25, -0.2) is 0 Å². The smallest absolute Gasteiger partial charge is 0.137 e. The summed E-state index contributed by atoms with van der Waals surface area (Å²) in [6.07, 6.45) is 0. The average molecular weight is 664 g/mol. The molecule has 0 unspecified atom stereocenters. The van der Waals surface area contributed by atoms with Gasteiger partial charge in [0.25, 0.3) is 0 Å². The number of nitrogens with zero attached hydrogens (tertiary/aromatic N) is 1. The van der Waals surface area contributed by atoms with Crippen LogP contribution in [0.3, 0.4) is 0 Å². The first-order chi connectivity index (χ1) is 25.8. The molecule has 0 aliphatic heterocycles. The van der Waals surface area contributed by atoms with E-state index in [0.717, 1.165) is 39.0 Å². The Labute approximate surface area is 302 Å². The zero-order valence-electron chi connectivity index (χ0n) is 28.4. The van der Waals surface area contributed by atoms with E-state index in [4.69, 9.17) is 4.42 Å². The largest absolute Gasteiger partial charge is 0.456 e. The van der Waals surface area contributed by atoms with Crippen LogP contribution >= 0.6 is 0 Å². The molecule has 0 radical (unpaired) electrons. The normalized spacial score (nSPS) is 11.5. The van der Waals surface area contributed by atoms with Crippen LogP contribution < -0.4 is 4.90 Å². The Morgan fingerprint density at radius 2 is 0.962 bits per heavy atom. The SMILES string of the molecule is c1ccc(-c2cccc(N(c3ccc(-c4cc(-c5ccccc5)cc5ccccc45)cc3)c3cccc4oc5cc6ccccc6cc5c34)c2)cc1. The Kier molecular flexibility index (Phi) is 7.18. The summed E-state index contributed by atoms with van der Waals surface area (Å²) in [6, 6.07) is 71.7. The number of anilines is 3. The van der Waals surface area contributed by atoms with Gasteiger partial charge in [0, 0.05) is 16.8 Å². The number of hydrogen-bond acceptors (Lipinski definition) is 2. The fraction of sp³-hybridized carbons (Fsp3) is 0. The lowest BCUT2D eigenvalue weighted by Gasteiger charge is -2.27. The molecule has 10 aromatic rings. The van der Waals surface area contributed by atoms with Crippen molar-refractivity contribution in [3.05, 3.63) is 200 Å². The van der Waals surface area contributed by atoms with Crippen molar-refractivity contribution < 1.29 is 4.42 Å². The highest BCUT2D eigenvalue weighted by Crippen LogP contribution is 2.45. The first-order valence-electron chi connectivity index (χ1n) is 17.8. The van der Waals surface area contributed by atoms with Crippen molar-refractivity contribution in [1.29, 1.82) is 0 Å². The van der Waals surface area contributed by atoms with Gasteiger partial charge in [-0.2, -0.15) is 0 Å². The summed E-state index contributed by atoms with van der Waals surface area (Å²) in [7, 11) is 0. The van der Waals surface area contributed by atoms with Gasteiger partial charge in [0.2, 0.25) is 0 Å². The van der Waals surface area contributed by atoms with Crippen LogP contribution in [0.1, 0.15) is 0 Å². The monoisotopic (exact) mass is 663 g/mol. The molecule has 1 aromatic heterocycles. The van der Waals surface area contributed by atoms with Crippen molar-refractivity contribution in [3.8, 4) is 33.4 Å². The minimum atomic E-state index is 0.868. The van der Waals surface area contributed by atoms with E-state index >= 15 is 0 Å². The number of furan rings is 1. The molecule has 0 amide bonds. The van der Waals surface area contributed by atoms with E-state index in [2.05, 4.69) is 205 Å². The van der Waals surface area contributed by atoms with Crippen molar-refractivity contribution in [2.24, 2.45) is 0 Å². The van der Waals surface area contributed by atoms with Crippen LogP contribution in [0.5, 0.6) is 0 Å². The lowest BCUT2D eigenvalue weighted by Crippen LogP contribution is -2.10. The topological polar surface area (TPSA) is 16.4 Å². The molecular formula is C50H33NO. The van der Waals surface area contributed by atoms with Gasteiger partial charge in [-0.1, -0.05) is 140 Å². The maximum atomic E-state index is 6.55. The fourth-order valence-corrected chi connectivity index (χ4v) is 7.70. The molecule has 0 atom stereocenters. The highest BCUT2D eigenvalue weighted by molar-refractivity contribution is 6.16. The van der Waals surface area contributed by atoms with E-state index in [1.165, 1.54) is 54.9 Å². The summed E-state index contributed by atoms with van der Waals surface area (Å²) in [4.78, 5) is 2.38. The van der Waals surface area contributed by atoms with Crippen molar-refractivity contribution in [1.82, 2.24) is 0 Å². The van der Waals surface area contributed by atoms with Gasteiger partial charge >= 0.3 is 0 Å². The summed E-state index contributed by atoms with van der Waals surface area (Å²) in [5, 5.41) is 7.03. The number of fused-ring (bicyclic) bond motifs is 5. The molecule has 10 rings (SSSR count). The van der Waals surface area contributed by atoms with Gasteiger partial charge in [0.05, 0.1) is 11.1 Å². The van der Waals surface area contributed by atoms with Crippen LogP contribution in [0.25, 0.3) is 76.9 Å². The minimum Gasteiger partial charge on any atom is -0.456 e. The Hall–Kier alpha value is -6.90. The third-order valence-corrected chi connectivity index (χ3v) is 10.2. The van der Waals surface area contributed by atoms with Gasteiger partial charge in [0.1, 0.15) is 11.2 Å². The highest BCUT2D eigenvalue weighted by Gasteiger charge is 2.21. The molecule has 0 aliphatic carbocycles. The molecule has 0 aliphatic rings. The van der Waals surface area contributed by atoms with Crippen LogP contribution in [0.15, 0.2) is 205 Å². The summed E-state index contributed by atoms with van der Waals surface area (Å²) >= 11 is 0. The van der Waals surface area contributed by atoms with Crippen LogP contribution in [0.4, 0.5) is 17.1 Å². The zero-order valence-corrected chi connectivity index (χ0v) is 28.4. The van der Waals surface area contributed by atoms with Gasteiger partial charge in [-0.15, -0.1) is 0 Å². The fourth-order valence-electron chi connectivity index (χ4n) is 7.70. The lowest BCUT2D eigenvalue weighted by molar-refractivity contribution is 0.669. The third kappa shape index (κ3) is 5.21. The molecule has 2 nitrogen and oxygen atoms in total. The molecule has 0 N–H and O–H groups in total. The standard InChI is InChI=1S/C50H33NO/c1-3-13-34(14-4-1)37-20-11-21-43(30-37)51(47-23-12-24-48-50(47)46-31-38-17-7-8-18-39(38)33-49(46)52-48)42-27-25-36(26-28-42)45-32-41(35-15-5-2-6-16-35)29-40-19-9-10-22-44(40)45/h1-33H. The molecule has 52 heavy (non-hydrogen) atoms. The predicted octanol–water partition coefficient (Wildman–Crippen LogP) is 14.4. The Morgan fingerprint density at radius 1 is 0.327 bits per heavy atom. The third-order valence-electron chi connectivity index (χ3n) is 10.2. The number of benzene rings is 9. The maximum Gasteiger partial charge on any atom is 0.137 e. The second-order valence-corrected chi connectivity index (χ2v) is 13.4. The minimum absolute atomic E-state index is 0.868. The summed E-state index contributed by atoms with van der Waals surface area (Å²) in [6.45, 7) is 0. The maximum absolute atomic E-state index is 6.55. The second-order valence-electron chi connectivity index (χ2n) is 13.4. The predicted molar refractivity (Wildman–Crippen MR) is 220 cm³/mol. The highest BCUT2D eigenvalue weighted by atomic mass is 16.3. The molecule has 244 valence electrons. The number of rotatable bonds is 6.